The molecular formula is C13H20N2O4. The number of rotatable bonds is 6. The van der Waals surface area contributed by atoms with Gasteiger partial charge in [-0.15, -0.1) is 0 Å². The third-order valence-electron chi connectivity index (χ3n) is 3.30. The van der Waals surface area contributed by atoms with Gasteiger partial charge in [-0.25, -0.2) is 0 Å². The molecule has 1 fully saturated rings. The summed E-state index contributed by atoms with van der Waals surface area (Å²) in [5, 5.41) is 21.6. The van der Waals surface area contributed by atoms with E-state index in [4.69, 9.17) is 14.6 Å². The number of hydrogen-bond donors (Lipinski definition) is 3. The SMILES string of the molecule is O=c1cc(CN(CCO)CC2CCCN2)occ1O. The van der Waals surface area contributed by atoms with Crippen molar-refractivity contribution in [3.05, 3.63) is 28.3 Å². The lowest BCUT2D eigenvalue weighted by Crippen LogP contribution is -2.38. The van der Waals surface area contributed by atoms with Crippen LogP contribution in [0.3, 0.4) is 0 Å². The van der Waals surface area contributed by atoms with Crippen LogP contribution in [-0.2, 0) is 6.54 Å². The lowest BCUT2D eigenvalue weighted by atomic mass is 10.2. The van der Waals surface area contributed by atoms with Gasteiger partial charge in [0.2, 0.25) is 5.43 Å². The average Bonchev–Trinajstić information content (AvgIpc) is 2.87. The Morgan fingerprint density at radius 2 is 2.37 bits per heavy atom. The minimum absolute atomic E-state index is 0.0645. The maximum absolute atomic E-state index is 11.3. The minimum atomic E-state index is -0.441. The highest BCUT2D eigenvalue weighted by molar-refractivity contribution is 5.15. The van der Waals surface area contributed by atoms with E-state index in [1.807, 2.05) is 4.90 Å². The number of nitrogens with zero attached hydrogens (tertiary/aromatic N) is 1. The summed E-state index contributed by atoms with van der Waals surface area (Å²) in [6, 6.07) is 1.72. The molecule has 3 N–H and O–H groups in total. The standard InChI is InChI=1S/C13H20N2O4/c16-5-4-15(7-10-2-1-3-14-10)8-11-6-12(17)13(18)9-19-11/h6,9-10,14,16,18H,1-5,7-8H2. The zero-order valence-electron chi connectivity index (χ0n) is 10.8. The van der Waals surface area contributed by atoms with Crippen LogP contribution in [0.1, 0.15) is 18.6 Å². The molecule has 1 atom stereocenters. The first-order valence-corrected chi connectivity index (χ1v) is 6.56. The molecular weight excluding hydrogens is 248 g/mol. The molecule has 1 saturated heterocycles. The summed E-state index contributed by atoms with van der Waals surface area (Å²) in [6.45, 7) is 2.89. The maximum atomic E-state index is 11.3. The molecule has 0 aliphatic carbocycles. The summed E-state index contributed by atoms with van der Waals surface area (Å²) in [6.07, 6.45) is 3.36. The lowest BCUT2D eigenvalue weighted by molar-refractivity contribution is 0.168. The summed E-state index contributed by atoms with van der Waals surface area (Å²) in [7, 11) is 0. The number of hydrogen-bond acceptors (Lipinski definition) is 6. The molecule has 6 nitrogen and oxygen atoms in total. The summed E-state index contributed by atoms with van der Waals surface area (Å²) in [5.41, 5.74) is -0.441. The monoisotopic (exact) mass is 268 g/mol. The highest BCUT2D eigenvalue weighted by atomic mass is 16.4. The Bertz CT molecular complexity index is 454. The Labute approximate surface area is 111 Å². The van der Waals surface area contributed by atoms with E-state index in [1.165, 1.54) is 12.5 Å². The van der Waals surface area contributed by atoms with E-state index in [0.717, 1.165) is 25.8 Å². The molecule has 1 aromatic heterocycles. The number of aliphatic hydroxyl groups excluding tert-OH is 1. The van der Waals surface area contributed by atoms with Gasteiger partial charge < -0.3 is 19.9 Å². The Hall–Kier alpha value is -1.37. The molecule has 1 aliphatic heterocycles. The van der Waals surface area contributed by atoms with E-state index < -0.39 is 5.43 Å². The van der Waals surface area contributed by atoms with Crippen molar-refractivity contribution in [3.63, 3.8) is 0 Å². The fourth-order valence-corrected chi connectivity index (χ4v) is 2.35. The highest BCUT2D eigenvalue weighted by Gasteiger charge is 2.18. The number of aromatic hydroxyl groups is 1. The smallest absolute Gasteiger partial charge is 0.226 e. The summed E-state index contributed by atoms with van der Waals surface area (Å²) < 4.78 is 5.19. The molecule has 6 heteroatoms. The second-order valence-electron chi connectivity index (χ2n) is 4.85. The Kier molecular flexibility index (Phi) is 4.95. The van der Waals surface area contributed by atoms with Gasteiger partial charge in [0.15, 0.2) is 5.75 Å². The van der Waals surface area contributed by atoms with Crippen molar-refractivity contribution in [2.24, 2.45) is 0 Å². The Balaban J connectivity index is 1.98. The van der Waals surface area contributed by atoms with E-state index >= 15 is 0 Å². The average molecular weight is 268 g/mol. The summed E-state index contributed by atoms with van der Waals surface area (Å²) >= 11 is 0. The zero-order chi connectivity index (χ0) is 13.7. The maximum Gasteiger partial charge on any atom is 0.226 e. The number of aliphatic hydroxyl groups is 1. The fraction of sp³-hybridized carbons (Fsp3) is 0.615. The van der Waals surface area contributed by atoms with Crippen LogP contribution in [0.15, 0.2) is 21.5 Å². The van der Waals surface area contributed by atoms with Gasteiger partial charge in [0.1, 0.15) is 12.0 Å². The molecule has 1 unspecified atom stereocenters. The van der Waals surface area contributed by atoms with Crippen molar-refractivity contribution >= 4 is 0 Å². The first-order valence-electron chi connectivity index (χ1n) is 6.56. The van der Waals surface area contributed by atoms with E-state index in [2.05, 4.69) is 5.32 Å². The van der Waals surface area contributed by atoms with Gasteiger partial charge in [0.05, 0.1) is 13.2 Å². The first kappa shape index (κ1) is 14.0. The minimum Gasteiger partial charge on any atom is -0.502 e. The molecule has 19 heavy (non-hydrogen) atoms. The lowest BCUT2D eigenvalue weighted by Gasteiger charge is -2.24. The van der Waals surface area contributed by atoms with Crippen LogP contribution in [0.2, 0.25) is 0 Å². The van der Waals surface area contributed by atoms with Crippen LogP contribution in [0, 0.1) is 0 Å². The molecule has 2 heterocycles. The summed E-state index contributed by atoms with van der Waals surface area (Å²) in [4.78, 5) is 13.4. The van der Waals surface area contributed by atoms with Crippen molar-refractivity contribution in [1.82, 2.24) is 10.2 Å². The second kappa shape index (κ2) is 6.70. The zero-order valence-corrected chi connectivity index (χ0v) is 10.8. The van der Waals surface area contributed by atoms with Crippen molar-refractivity contribution in [1.29, 1.82) is 0 Å². The van der Waals surface area contributed by atoms with Gasteiger partial charge in [0.25, 0.3) is 0 Å². The van der Waals surface area contributed by atoms with E-state index in [1.54, 1.807) is 0 Å². The largest absolute Gasteiger partial charge is 0.502 e. The molecule has 0 bridgehead atoms. The van der Waals surface area contributed by atoms with Crippen LogP contribution in [0.5, 0.6) is 5.75 Å². The van der Waals surface area contributed by atoms with Crippen LogP contribution in [0.25, 0.3) is 0 Å². The Morgan fingerprint density at radius 3 is 3.00 bits per heavy atom. The molecule has 106 valence electrons. The van der Waals surface area contributed by atoms with E-state index in [0.29, 0.717) is 24.9 Å². The third-order valence-corrected chi connectivity index (χ3v) is 3.30. The third kappa shape index (κ3) is 4.05. The van der Waals surface area contributed by atoms with Crippen LogP contribution in [-0.4, -0.2) is 47.4 Å². The van der Waals surface area contributed by atoms with E-state index in [-0.39, 0.29) is 12.4 Å². The fourth-order valence-electron chi connectivity index (χ4n) is 2.35. The molecule has 0 aromatic carbocycles. The topological polar surface area (TPSA) is 85.9 Å². The van der Waals surface area contributed by atoms with Gasteiger partial charge >= 0.3 is 0 Å². The van der Waals surface area contributed by atoms with Gasteiger partial charge in [-0.2, -0.15) is 0 Å². The quantitative estimate of drug-likeness (QED) is 0.667. The summed E-state index contributed by atoms with van der Waals surface area (Å²) in [5.74, 6) is 0.115. The molecule has 2 rings (SSSR count). The van der Waals surface area contributed by atoms with Crippen molar-refractivity contribution < 1.29 is 14.6 Å². The molecule has 1 aliphatic rings. The van der Waals surface area contributed by atoms with Crippen LogP contribution < -0.4 is 10.7 Å². The van der Waals surface area contributed by atoms with Crippen molar-refractivity contribution in [2.45, 2.75) is 25.4 Å². The molecule has 0 amide bonds. The number of nitrogens with one attached hydrogen (secondary N) is 1. The predicted molar refractivity (Wildman–Crippen MR) is 70.0 cm³/mol. The molecule has 1 aromatic rings. The molecule has 0 saturated carbocycles. The van der Waals surface area contributed by atoms with Gasteiger partial charge in [-0.05, 0) is 19.4 Å². The first-order chi connectivity index (χ1) is 9.19. The van der Waals surface area contributed by atoms with Gasteiger partial charge in [-0.3, -0.25) is 9.69 Å². The van der Waals surface area contributed by atoms with Gasteiger partial charge in [0, 0.05) is 25.2 Å². The predicted octanol–water partition coefficient (Wildman–Crippen LogP) is -0.108. The highest BCUT2D eigenvalue weighted by Crippen LogP contribution is 2.11. The molecule has 0 spiro atoms. The second-order valence-corrected chi connectivity index (χ2v) is 4.85. The Morgan fingerprint density at radius 1 is 1.53 bits per heavy atom. The van der Waals surface area contributed by atoms with Crippen LogP contribution in [0.4, 0.5) is 0 Å². The normalized spacial score (nSPS) is 19.2. The molecule has 0 radical (unpaired) electrons. The van der Waals surface area contributed by atoms with Gasteiger partial charge in [-0.1, -0.05) is 0 Å². The van der Waals surface area contributed by atoms with Crippen molar-refractivity contribution in [3.8, 4) is 5.75 Å². The van der Waals surface area contributed by atoms with E-state index in [9.17, 15) is 4.79 Å². The van der Waals surface area contributed by atoms with Crippen molar-refractivity contribution in [2.75, 3.05) is 26.2 Å². The van der Waals surface area contributed by atoms with Crippen LogP contribution >= 0.6 is 0 Å².